The van der Waals surface area contributed by atoms with E-state index in [0.29, 0.717) is 11.4 Å². The molecule has 37 heavy (non-hydrogen) atoms. The van der Waals surface area contributed by atoms with E-state index in [9.17, 15) is 21.6 Å². The lowest BCUT2D eigenvalue weighted by Crippen LogP contribution is -2.29. The summed E-state index contributed by atoms with van der Waals surface area (Å²) in [4.78, 5) is 13.2. The Balaban J connectivity index is 1.54. The first-order chi connectivity index (χ1) is 17.6. The first-order valence-corrected chi connectivity index (χ1v) is 14.1. The van der Waals surface area contributed by atoms with Crippen molar-refractivity contribution in [1.82, 2.24) is 0 Å². The van der Waals surface area contributed by atoms with Crippen LogP contribution in [0.3, 0.4) is 0 Å². The van der Waals surface area contributed by atoms with Crippen molar-refractivity contribution in [2.24, 2.45) is 0 Å². The van der Waals surface area contributed by atoms with Gasteiger partial charge in [0.15, 0.2) is 0 Å². The summed E-state index contributed by atoms with van der Waals surface area (Å²) in [5.41, 5.74) is 2.05. The van der Waals surface area contributed by atoms with Gasteiger partial charge in [0, 0.05) is 18.4 Å². The molecule has 2 N–H and O–H groups in total. The fraction of sp³-hybridized carbons (Fsp3) is 0.0741. The van der Waals surface area contributed by atoms with Crippen LogP contribution in [-0.2, 0) is 20.0 Å². The summed E-state index contributed by atoms with van der Waals surface area (Å²) in [6.45, 7) is 1.86. The minimum absolute atomic E-state index is 0.0266. The van der Waals surface area contributed by atoms with Crippen molar-refractivity contribution >= 4 is 43.0 Å². The molecule has 4 aromatic rings. The molecule has 4 rings (SSSR count). The van der Waals surface area contributed by atoms with Crippen molar-refractivity contribution in [1.29, 1.82) is 0 Å². The molecule has 0 aliphatic rings. The Morgan fingerprint density at radius 1 is 0.676 bits per heavy atom. The first-order valence-electron chi connectivity index (χ1n) is 11.2. The van der Waals surface area contributed by atoms with E-state index in [1.54, 1.807) is 60.7 Å². The zero-order chi connectivity index (χ0) is 26.6. The molecule has 0 fully saturated rings. The molecule has 0 aliphatic carbocycles. The number of amides is 1. The van der Waals surface area contributed by atoms with Gasteiger partial charge in [0.05, 0.1) is 21.0 Å². The Hall–Kier alpha value is -4.15. The monoisotopic (exact) mass is 535 g/mol. The number of anilines is 3. The Kier molecular flexibility index (Phi) is 7.33. The fourth-order valence-electron chi connectivity index (χ4n) is 3.57. The van der Waals surface area contributed by atoms with Gasteiger partial charge < -0.3 is 5.32 Å². The average Bonchev–Trinajstić information content (AvgIpc) is 2.89. The summed E-state index contributed by atoms with van der Waals surface area (Å²) in [5.74, 6) is -0.542. The first kappa shape index (κ1) is 25.9. The van der Waals surface area contributed by atoms with E-state index >= 15 is 0 Å². The Morgan fingerprint density at radius 3 is 1.89 bits per heavy atom. The van der Waals surface area contributed by atoms with Gasteiger partial charge in [-0.15, -0.1) is 0 Å². The zero-order valence-electron chi connectivity index (χ0n) is 20.1. The van der Waals surface area contributed by atoms with Gasteiger partial charge in [0.2, 0.25) is 0 Å². The third-order valence-corrected chi connectivity index (χ3v) is 8.80. The molecule has 0 atom stereocenters. The molecular formula is C27H25N3O5S2. The maximum absolute atomic E-state index is 13.2. The molecule has 0 radical (unpaired) electrons. The van der Waals surface area contributed by atoms with E-state index in [1.165, 1.54) is 49.5 Å². The molecular weight excluding hydrogens is 510 g/mol. The molecule has 0 saturated carbocycles. The maximum atomic E-state index is 13.2. The third-order valence-electron chi connectivity index (χ3n) is 5.62. The van der Waals surface area contributed by atoms with Gasteiger partial charge in [-0.1, -0.05) is 48.0 Å². The molecule has 190 valence electrons. The van der Waals surface area contributed by atoms with E-state index < -0.39 is 26.0 Å². The largest absolute Gasteiger partial charge is 0.322 e. The van der Waals surface area contributed by atoms with Crippen molar-refractivity contribution in [2.45, 2.75) is 16.7 Å². The molecule has 4 aromatic carbocycles. The van der Waals surface area contributed by atoms with Crippen LogP contribution in [0.1, 0.15) is 15.9 Å². The number of nitrogens with one attached hydrogen (secondary N) is 2. The van der Waals surface area contributed by atoms with Crippen LogP contribution in [-0.4, -0.2) is 29.8 Å². The number of carbonyl (C=O) groups excluding carboxylic acids is 1. The molecule has 0 aliphatic heterocycles. The van der Waals surface area contributed by atoms with Crippen LogP contribution in [0.4, 0.5) is 17.1 Å². The minimum Gasteiger partial charge on any atom is -0.322 e. The van der Waals surface area contributed by atoms with Crippen molar-refractivity contribution in [3.63, 3.8) is 0 Å². The minimum atomic E-state index is -3.91. The lowest BCUT2D eigenvalue weighted by Gasteiger charge is -2.22. The number of sulfonamides is 2. The number of para-hydroxylation sites is 2. The normalized spacial score (nSPS) is 11.5. The van der Waals surface area contributed by atoms with E-state index in [2.05, 4.69) is 10.0 Å². The smallest absolute Gasteiger partial charge is 0.264 e. The topological polar surface area (TPSA) is 113 Å². The SMILES string of the molecule is Cc1ccc(S(=O)(=O)N(C)c2ccccc2C(=O)Nc2ccc(S(=O)(=O)Nc3ccccc3)cc2)cc1. The average molecular weight is 536 g/mol. The second kappa shape index (κ2) is 10.5. The molecule has 10 heteroatoms. The van der Waals surface area contributed by atoms with E-state index in [4.69, 9.17) is 0 Å². The lowest BCUT2D eigenvalue weighted by atomic mass is 10.1. The maximum Gasteiger partial charge on any atom is 0.264 e. The summed E-state index contributed by atoms with van der Waals surface area (Å²) in [7, 11) is -6.33. The highest BCUT2D eigenvalue weighted by atomic mass is 32.2. The van der Waals surface area contributed by atoms with Gasteiger partial charge in [-0.3, -0.25) is 13.8 Å². The summed E-state index contributed by atoms with van der Waals surface area (Å²) >= 11 is 0. The van der Waals surface area contributed by atoms with Gasteiger partial charge in [0.25, 0.3) is 26.0 Å². The molecule has 0 spiro atoms. The summed E-state index contributed by atoms with van der Waals surface area (Å²) in [6.07, 6.45) is 0. The van der Waals surface area contributed by atoms with Crippen LogP contribution >= 0.6 is 0 Å². The van der Waals surface area contributed by atoms with Gasteiger partial charge in [0.1, 0.15) is 0 Å². The van der Waals surface area contributed by atoms with Crippen molar-refractivity contribution < 1.29 is 21.6 Å². The number of hydrogen-bond acceptors (Lipinski definition) is 5. The molecule has 8 nitrogen and oxygen atoms in total. The van der Waals surface area contributed by atoms with Crippen LogP contribution in [0.15, 0.2) is 113 Å². The second-order valence-electron chi connectivity index (χ2n) is 8.25. The van der Waals surface area contributed by atoms with Crippen molar-refractivity contribution in [3.05, 3.63) is 114 Å². The lowest BCUT2D eigenvalue weighted by molar-refractivity contribution is 0.102. The number of benzene rings is 4. The van der Waals surface area contributed by atoms with E-state index in [0.717, 1.165) is 9.87 Å². The predicted molar refractivity (Wildman–Crippen MR) is 145 cm³/mol. The Bertz CT molecular complexity index is 1620. The van der Waals surface area contributed by atoms with Crippen LogP contribution < -0.4 is 14.3 Å². The number of hydrogen-bond donors (Lipinski definition) is 2. The van der Waals surface area contributed by atoms with Gasteiger partial charge in [-0.2, -0.15) is 0 Å². The Labute approximate surface area is 216 Å². The highest BCUT2D eigenvalue weighted by molar-refractivity contribution is 7.93. The zero-order valence-corrected chi connectivity index (χ0v) is 21.8. The number of carbonyl (C=O) groups is 1. The number of rotatable bonds is 8. The molecule has 0 unspecified atom stereocenters. The van der Waals surface area contributed by atoms with Crippen LogP contribution in [0.25, 0.3) is 0 Å². The van der Waals surface area contributed by atoms with Gasteiger partial charge >= 0.3 is 0 Å². The van der Waals surface area contributed by atoms with Crippen LogP contribution in [0.5, 0.6) is 0 Å². The van der Waals surface area contributed by atoms with E-state index in [1.807, 2.05) is 6.92 Å². The van der Waals surface area contributed by atoms with Crippen molar-refractivity contribution in [2.75, 3.05) is 21.4 Å². The molecule has 0 aromatic heterocycles. The highest BCUT2D eigenvalue weighted by Crippen LogP contribution is 2.27. The third kappa shape index (κ3) is 5.82. The molecule has 1 amide bonds. The summed E-state index contributed by atoms with van der Waals surface area (Å²) in [6, 6.07) is 27.0. The van der Waals surface area contributed by atoms with Crippen LogP contribution in [0.2, 0.25) is 0 Å². The van der Waals surface area contributed by atoms with E-state index in [-0.39, 0.29) is 21.0 Å². The van der Waals surface area contributed by atoms with Crippen LogP contribution in [0, 0.1) is 6.92 Å². The predicted octanol–water partition coefficient (Wildman–Crippen LogP) is 4.87. The molecule has 0 saturated heterocycles. The van der Waals surface area contributed by atoms with Gasteiger partial charge in [-0.05, 0) is 67.6 Å². The van der Waals surface area contributed by atoms with Gasteiger partial charge in [-0.25, -0.2) is 16.8 Å². The highest BCUT2D eigenvalue weighted by Gasteiger charge is 2.25. The second-order valence-corrected chi connectivity index (χ2v) is 11.9. The molecule has 0 bridgehead atoms. The summed E-state index contributed by atoms with van der Waals surface area (Å²) in [5, 5.41) is 2.70. The standard InChI is InChI=1S/C27H25N3O5S2/c1-20-12-16-24(17-13-20)37(34,35)30(2)26-11-7-6-10-25(26)27(31)28-21-14-18-23(19-15-21)36(32,33)29-22-8-4-3-5-9-22/h3-19,29H,1-2H3,(H,28,31). The van der Waals surface area contributed by atoms with Crippen molar-refractivity contribution in [3.8, 4) is 0 Å². The number of aryl methyl sites for hydroxylation is 1. The Morgan fingerprint density at radius 2 is 1.24 bits per heavy atom. The fourth-order valence-corrected chi connectivity index (χ4v) is 5.85. The summed E-state index contributed by atoms with van der Waals surface area (Å²) < 4.78 is 55.2. The molecule has 0 heterocycles. The number of nitrogens with zero attached hydrogens (tertiary/aromatic N) is 1. The quantitative estimate of drug-likeness (QED) is 0.334.